The van der Waals surface area contributed by atoms with Crippen molar-refractivity contribution in [3.63, 3.8) is 0 Å². The molecule has 0 saturated carbocycles. The third-order valence-electron chi connectivity index (χ3n) is 6.77. The number of carbonyl (C=O) groups is 1. The first-order chi connectivity index (χ1) is 18.9. The fourth-order valence-corrected chi connectivity index (χ4v) is 4.95. The van der Waals surface area contributed by atoms with Crippen LogP contribution >= 0.6 is 23.2 Å². The van der Waals surface area contributed by atoms with Crippen LogP contribution in [0.5, 0.6) is 17.2 Å². The summed E-state index contributed by atoms with van der Waals surface area (Å²) in [4.78, 5) is 16.4. The van der Waals surface area contributed by atoms with Crippen molar-refractivity contribution in [3.8, 4) is 17.2 Å². The maximum atomic E-state index is 13.1. The van der Waals surface area contributed by atoms with Crippen LogP contribution in [0.2, 0.25) is 10.0 Å². The molecule has 0 saturated heterocycles. The normalized spacial score (nSPS) is 11.8. The van der Waals surface area contributed by atoms with E-state index >= 15 is 0 Å². The molecule has 0 spiro atoms. The molecule has 0 aliphatic heterocycles. The summed E-state index contributed by atoms with van der Waals surface area (Å²) < 4.78 is 16.2. The Morgan fingerprint density at radius 3 is 2.36 bits per heavy atom. The SMILES string of the molecule is COc1cc(C(=O)NCC(CCNCCc2c[nH]c3ccccc23)c2ccc(Cl)c(Cl)c2)cc(OC)c1OC. The van der Waals surface area contributed by atoms with Crippen LogP contribution in [0.15, 0.2) is 60.8 Å². The van der Waals surface area contributed by atoms with Crippen LogP contribution in [0.1, 0.15) is 33.8 Å². The van der Waals surface area contributed by atoms with Gasteiger partial charge in [-0.3, -0.25) is 4.79 Å². The average molecular weight is 571 g/mol. The topological polar surface area (TPSA) is 84.6 Å². The number of para-hydroxylation sites is 1. The van der Waals surface area contributed by atoms with E-state index in [-0.39, 0.29) is 11.8 Å². The molecule has 0 aliphatic carbocycles. The van der Waals surface area contributed by atoms with Crippen molar-refractivity contribution in [1.82, 2.24) is 15.6 Å². The average Bonchev–Trinajstić information content (AvgIpc) is 3.37. The summed E-state index contributed by atoms with van der Waals surface area (Å²) >= 11 is 12.5. The van der Waals surface area contributed by atoms with Gasteiger partial charge in [-0.15, -0.1) is 0 Å². The van der Waals surface area contributed by atoms with Crippen LogP contribution in [-0.4, -0.2) is 51.9 Å². The minimum atomic E-state index is -0.244. The van der Waals surface area contributed by atoms with E-state index in [0.29, 0.717) is 39.4 Å². The van der Waals surface area contributed by atoms with Gasteiger partial charge in [0.2, 0.25) is 5.75 Å². The number of aromatic amines is 1. The first-order valence-electron chi connectivity index (χ1n) is 12.7. The highest BCUT2D eigenvalue weighted by Gasteiger charge is 2.19. The number of hydrogen-bond acceptors (Lipinski definition) is 5. The van der Waals surface area contributed by atoms with Gasteiger partial charge in [-0.25, -0.2) is 0 Å². The van der Waals surface area contributed by atoms with E-state index in [2.05, 4.69) is 40.0 Å². The highest BCUT2D eigenvalue weighted by molar-refractivity contribution is 6.42. The minimum Gasteiger partial charge on any atom is -0.493 e. The smallest absolute Gasteiger partial charge is 0.251 e. The zero-order chi connectivity index (χ0) is 27.8. The second kappa shape index (κ2) is 13.6. The van der Waals surface area contributed by atoms with Crippen LogP contribution < -0.4 is 24.8 Å². The number of benzene rings is 3. The highest BCUT2D eigenvalue weighted by Crippen LogP contribution is 2.38. The predicted octanol–water partition coefficient (Wildman–Crippen LogP) is 6.24. The van der Waals surface area contributed by atoms with E-state index in [1.54, 1.807) is 18.2 Å². The van der Waals surface area contributed by atoms with Crippen molar-refractivity contribution in [2.75, 3.05) is 41.0 Å². The summed E-state index contributed by atoms with van der Waals surface area (Å²) in [5.41, 5.74) is 3.86. The predicted molar refractivity (Wildman–Crippen MR) is 157 cm³/mol. The van der Waals surface area contributed by atoms with Crippen LogP contribution in [-0.2, 0) is 6.42 Å². The van der Waals surface area contributed by atoms with Crippen molar-refractivity contribution < 1.29 is 19.0 Å². The molecule has 1 atom stereocenters. The van der Waals surface area contributed by atoms with Gasteiger partial charge < -0.3 is 29.8 Å². The Morgan fingerprint density at radius 1 is 0.923 bits per heavy atom. The van der Waals surface area contributed by atoms with Gasteiger partial charge in [0.1, 0.15) is 0 Å². The zero-order valence-electron chi connectivity index (χ0n) is 22.3. The Balaban J connectivity index is 1.40. The van der Waals surface area contributed by atoms with Crippen molar-refractivity contribution in [2.24, 2.45) is 0 Å². The fraction of sp³-hybridized carbons (Fsp3) is 0.300. The van der Waals surface area contributed by atoms with Gasteiger partial charge in [0, 0.05) is 35.1 Å². The lowest BCUT2D eigenvalue weighted by Crippen LogP contribution is -2.30. The second-order valence-electron chi connectivity index (χ2n) is 9.14. The van der Waals surface area contributed by atoms with E-state index in [1.807, 2.05) is 18.2 Å². The molecule has 0 aliphatic rings. The van der Waals surface area contributed by atoms with E-state index in [0.717, 1.165) is 37.0 Å². The standard InChI is InChI=1S/C30H33Cl2N3O4/c1-37-27-15-22(16-28(38-2)29(27)39-3)30(36)35-17-20(19-8-9-24(31)25(32)14-19)10-12-33-13-11-21-18-34-26-7-5-4-6-23(21)26/h4-9,14-16,18,20,33-34H,10-13,17H2,1-3H3,(H,35,36). The molecule has 0 fully saturated rings. The molecule has 7 nitrogen and oxygen atoms in total. The van der Waals surface area contributed by atoms with Crippen LogP contribution in [0.3, 0.4) is 0 Å². The van der Waals surface area contributed by atoms with Gasteiger partial charge in [0.05, 0.1) is 31.4 Å². The molecule has 39 heavy (non-hydrogen) atoms. The fourth-order valence-electron chi connectivity index (χ4n) is 4.65. The van der Waals surface area contributed by atoms with E-state index in [1.165, 1.54) is 32.3 Å². The number of carbonyl (C=O) groups excluding carboxylic acids is 1. The number of hydrogen-bond donors (Lipinski definition) is 3. The summed E-state index contributed by atoms with van der Waals surface area (Å²) in [5, 5.41) is 8.84. The number of H-pyrrole nitrogens is 1. The molecule has 9 heteroatoms. The van der Waals surface area contributed by atoms with Gasteiger partial charge in [0.15, 0.2) is 11.5 Å². The number of methoxy groups -OCH3 is 3. The van der Waals surface area contributed by atoms with E-state index < -0.39 is 0 Å². The van der Waals surface area contributed by atoms with Gasteiger partial charge in [-0.2, -0.15) is 0 Å². The monoisotopic (exact) mass is 569 g/mol. The van der Waals surface area contributed by atoms with Crippen molar-refractivity contribution in [1.29, 1.82) is 0 Å². The first kappa shape index (κ1) is 28.6. The van der Waals surface area contributed by atoms with Crippen LogP contribution in [0.25, 0.3) is 10.9 Å². The Morgan fingerprint density at radius 2 is 1.67 bits per heavy atom. The quantitative estimate of drug-likeness (QED) is 0.166. The molecular formula is C30H33Cl2N3O4. The number of nitrogens with one attached hydrogen (secondary N) is 3. The molecule has 1 unspecified atom stereocenters. The molecule has 1 aromatic heterocycles. The minimum absolute atomic E-state index is 0.0198. The summed E-state index contributed by atoms with van der Waals surface area (Å²) in [7, 11) is 4.56. The highest BCUT2D eigenvalue weighted by atomic mass is 35.5. The number of aromatic nitrogens is 1. The number of fused-ring (bicyclic) bond motifs is 1. The number of ether oxygens (including phenoxy) is 3. The van der Waals surface area contributed by atoms with E-state index in [9.17, 15) is 4.79 Å². The van der Waals surface area contributed by atoms with Crippen LogP contribution in [0, 0.1) is 0 Å². The van der Waals surface area contributed by atoms with Gasteiger partial charge >= 0.3 is 0 Å². The first-order valence-corrected chi connectivity index (χ1v) is 13.5. The molecule has 3 aromatic carbocycles. The maximum absolute atomic E-state index is 13.1. The van der Waals surface area contributed by atoms with Crippen LogP contribution in [0.4, 0.5) is 0 Å². The lowest BCUT2D eigenvalue weighted by Gasteiger charge is -2.20. The van der Waals surface area contributed by atoms with Gasteiger partial charge in [0.25, 0.3) is 5.91 Å². The summed E-state index contributed by atoms with van der Waals surface area (Å²) in [5.74, 6) is 1.05. The molecule has 0 bridgehead atoms. The zero-order valence-corrected chi connectivity index (χ0v) is 23.8. The van der Waals surface area contributed by atoms with E-state index in [4.69, 9.17) is 37.4 Å². The van der Waals surface area contributed by atoms with Crippen molar-refractivity contribution >= 4 is 40.0 Å². The summed E-state index contributed by atoms with van der Waals surface area (Å²) in [6, 6.07) is 17.2. The molecular weight excluding hydrogens is 537 g/mol. The second-order valence-corrected chi connectivity index (χ2v) is 9.96. The Bertz CT molecular complexity index is 1400. The summed E-state index contributed by atoms with van der Waals surface area (Å²) in [6.45, 7) is 2.03. The Kier molecular flexibility index (Phi) is 9.98. The molecule has 4 rings (SSSR count). The molecule has 3 N–H and O–H groups in total. The van der Waals surface area contributed by atoms with Gasteiger partial charge in [-0.1, -0.05) is 47.5 Å². The Hall–Kier alpha value is -3.39. The molecule has 1 amide bonds. The number of amides is 1. The van der Waals surface area contributed by atoms with Gasteiger partial charge in [-0.05, 0) is 67.4 Å². The Labute approximate surface area is 238 Å². The third-order valence-corrected chi connectivity index (χ3v) is 7.51. The molecule has 1 heterocycles. The lowest BCUT2D eigenvalue weighted by atomic mass is 9.95. The lowest BCUT2D eigenvalue weighted by molar-refractivity contribution is 0.0950. The number of halogens is 2. The third kappa shape index (κ3) is 6.98. The molecule has 206 valence electrons. The molecule has 0 radical (unpaired) electrons. The number of rotatable bonds is 13. The summed E-state index contributed by atoms with van der Waals surface area (Å²) in [6.07, 6.45) is 3.78. The largest absolute Gasteiger partial charge is 0.493 e. The molecule has 4 aromatic rings. The van der Waals surface area contributed by atoms with Crippen molar-refractivity contribution in [3.05, 3.63) is 87.5 Å². The maximum Gasteiger partial charge on any atom is 0.251 e. The van der Waals surface area contributed by atoms with Crippen molar-refractivity contribution in [2.45, 2.75) is 18.8 Å².